The maximum Gasteiger partial charge on any atom is 0.222 e. The Hall–Kier alpha value is -2.12. The Morgan fingerprint density at radius 2 is 2.00 bits per heavy atom. The standard InChI is InChI=1S/C16H18ClFN4O2/c17-12-7-9(18)1-6-13(12)24-14-8-20-16(19)22-15(14)21-10-2-4-11(23)5-3-10/h1,6-8,10-11,23H,2-5H2,(H3,19,20,21,22)/t10-,11-. The summed E-state index contributed by atoms with van der Waals surface area (Å²) in [5.41, 5.74) is 5.66. The molecule has 0 aliphatic heterocycles. The molecule has 6 nitrogen and oxygen atoms in total. The van der Waals surface area contributed by atoms with Gasteiger partial charge in [0.1, 0.15) is 11.6 Å². The zero-order valence-electron chi connectivity index (χ0n) is 12.9. The first-order valence-electron chi connectivity index (χ1n) is 7.71. The summed E-state index contributed by atoms with van der Waals surface area (Å²) < 4.78 is 18.9. The quantitative estimate of drug-likeness (QED) is 0.781. The molecule has 128 valence electrons. The third-order valence-corrected chi connectivity index (χ3v) is 4.22. The van der Waals surface area contributed by atoms with Crippen LogP contribution in [0.1, 0.15) is 25.7 Å². The largest absolute Gasteiger partial charge is 0.450 e. The molecular weight excluding hydrogens is 335 g/mol. The monoisotopic (exact) mass is 352 g/mol. The molecule has 0 atom stereocenters. The van der Waals surface area contributed by atoms with E-state index >= 15 is 0 Å². The van der Waals surface area contributed by atoms with Gasteiger partial charge in [0.25, 0.3) is 0 Å². The highest BCUT2D eigenvalue weighted by atomic mass is 35.5. The van der Waals surface area contributed by atoms with E-state index in [1.807, 2.05) is 0 Å². The number of hydrogen-bond donors (Lipinski definition) is 3. The van der Waals surface area contributed by atoms with Crippen molar-refractivity contribution in [2.24, 2.45) is 0 Å². The number of halogens is 2. The van der Waals surface area contributed by atoms with E-state index in [-0.39, 0.29) is 23.1 Å². The molecule has 2 aromatic rings. The number of nitrogens with two attached hydrogens (primary N) is 1. The smallest absolute Gasteiger partial charge is 0.222 e. The van der Waals surface area contributed by atoms with Crippen LogP contribution < -0.4 is 15.8 Å². The van der Waals surface area contributed by atoms with Crippen molar-refractivity contribution in [3.8, 4) is 11.5 Å². The van der Waals surface area contributed by atoms with Gasteiger partial charge in [0.05, 0.1) is 17.3 Å². The van der Waals surface area contributed by atoms with Crippen LogP contribution in [0.25, 0.3) is 0 Å². The molecule has 4 N–H and O–H groups in total. The molecule has 0 radical (unpaired) electrons. The predicted molar refractivity (Wildman–Crippen MR) is 89.8 cm³/mol. The fourth-order valence-electron chi connectivity index (χ4n) is 2.65. The Morgan fingerprint density at radius 3 is 2.71 bits per heavy atom. The van der Waals surface area contributed by atoms with Crippen LogP contribution in [0.4, 0.5) is 16.2 Å². The van der Waals surface area contributed by atoms with Crippen LogP contribution in [-0.2, 0) is 0 Å². The van der Waals surface area contributed by atoms with Crippen LogP contribution in [0.5, 0.6) is 11.5 Å². The van der Waals surface area contributed by atoms with Crippen molar-refractivity contribution in [2.75, 3.05) is 11.1 Å². The summed E-state index contributed by atoms with van der Waals surface area (Å²) in [5, 5.41) is 13.0. The number of anilines is 2. The van der Waals surface area contributed by atoms with Gasteiger partial charge in [-0.3, -0.25) is 0 Å². The number of rotatable bonds is 4. The summed E-state index contributed by atoms with van der Waals surface area (Å²) in [6, 6.07) is 4.03. The van der Waals surface area contributed by atoms with Gasteiger partial charge in [-0.1, -0.05) is 11.6 Å². The van der Waals surface area contributed by atoms with E-state index in [1.54, 1.807) is 0 Å². The lowest BCUT2D eigenvalue weighted by atomic mass is 9.93. The molecule has 8 heteroatoms. The Bertz CT molecular complexity index is 723. The number of nitrogens with zero attached hydrogens (tertiary/aromatic N) is 2. The Balaban J connectivity index is 1.80. The first-order valence-corrected chi connectivity index (χ1v) is 8.09. The van der Waals surface area contributed by atoms with E-state index < -0.39 is 5.82 Å². The maximum absolute atomic E-state index is 13.1. The fraction of sp³-hybridized carbons (Fsp3) is 0.375. The third kappa shape index (κ3) is 4.04. The highest BCUT2D eigenvalue weighted by molar-refractivity contribution is 6.32. The second kappa shape index (κ2) is 7.19. The van der Waals surface area contributed by atoms with Gasteiger partial charge in [0.15, 0.2) is 11.6 Å². The van der Waals surface area contributed by atoms with E-state index in [4.69, 9.17) is 22.1 Å². The lowest BCUT2D eigenvalue weighted by molar-refractivity contribution is 0.126. The highest BCUT2D eigenvalue weighted by Gasteiger charge is 2.21. The average Bonchev–Trinajstić information content (AvgIpc) is 2.54. The lowest BCUT2D eigenvalue weighted by Gasteiger charge is -2.27. The topological polar surface area (TPSA) is 93.3 Å². The van der Waals surface area contributed by atoms with Gasteiger partial charge in [-0.2, -0.15) is 4.98 Å². The van der Waals surface area contributed by atoms with E-state index in [2.05, 4.69) is 15.3 Å². The molecule has 1 aromatic carbocycles. The van der Waals surface area contributed by atoms with E-state index in [0.29, 0.717) is 17.3 Å². The summed E-state index contributed by atoms with van der Waals surface area (Å²) in [6.45, 7) is 0. The minimum atomic E-state index is -0.444. The normalized spacial score (nSPS) is 20.6. The van der Waals surface area contributed by atoms with Crippen LogP contribution in [0.15, 0.2) is 24.4 Å². The average molecular weight is 353 g/mol. The predicted octanol–water partition coefficient (Wildman–Crippen LogP) is 3.36. The molecule has 0 spiro atoms. The van der Waals surface area contributed by atoms with Crippen LogP contribution in [-0.4, -0.2) is 27.2 Å². The van der Waals surface area contributed by atoms with Gasteiger partial charge < -0.3 is 20.9 Å². The fourth-order valence-corrected chi connectivity index (χ4v) is 2.86. The van der Waals surface area contributed by atoms with Crippen molar-refractivity contribution in [1.29, 1.82) is 0 Å². The molecule has 0 unspecified atom stereocenters. The van der Waals surface area contributed by atoms with Crippen LogP contribution in [0.3, 0.4) is 0 Å². The number of aliphatic hydroxyl groups is 1. The van der Waals surface area contributed by atoms with Gasteiger partial charge in [0.2, 0.25) is 5.95 Å². The molecule has 0 saturated heterocycles. The number of ether oxygens (including phenoxy) is 1. The SMILES string of the molecule is Nc1ncc(Oc2ccc(F)cc2Cl)c(N[C@H]2CC[C@H](O)CC2)n1. The van der Waals surface area contributed by atoms with E-state index in [0.717, 1.165) is 25.7 Å². The number of nitrogen functional groups attached to an aromatic ring is 1. The summed E-state index contributed by atoms with van der Waals surface area (Å²) in [6.07, 6.45) is 4.31. The summed E-state index contributed by atoms with van der Waals surface area (Å²) in [5.74, 6) is 0.771. The van der Waals surface area contributed by atoms with Gasteiger partial charge in [-0.15, -0.1) is 0 Å². The second-order valence-electron chi connectivity index (χ2n) is 5.77. The summed E-state index contributed by atoms with van der Waals surface area (Å²) in [7, 11) is 0. The van der Waals surface area contributed by atoms with Gasteiger partial charge in [-0.05, 0) is 43.9 Å². The molecule has 1 saturated carbocycles. The highest BCUT2D eigenvalue weighted by Crippen LogP contribution is 2.34. The Morgan fingerprint density at radius 1 is 1.25 bits per heavy atom. The van der Waals surface area contributed by atoms with Crippen molar-refractivity contribution in [3.63, 3.8) is 0 Å². The number of aromatic nitrogens is 2. The van der Waals surface area contributed by atoms with Crippen molar-refractivity contribution >= 4 is 23.4 Å². The Kier molecular flexibility index (Phi) is 5.01. The third-order valence-electron chi connectivity index (χ3n) is 3.93. The lowest BCUT2D eigenvalue weighted by Crippen LogP contribution is -2.28. The van der Waals surface area contributed by atoms with Gasteiger partial charge in [-0.25, -0.2) is 9.37 Å². The van der Waals surface area contributed by atoms with Crippen molar-refractivity contribution < 1.29 is 14.2 Å². The molecule has 0 bridgehead atoms. The first kappa shape index (κ1) is 16.7. The molecule has 1 aliphatic rings. The minimum absolute atomic E-state index is 0.117. The van der Waals surface area contributed by atoms with Crippen molar-refractivity contribution in [1.82, 2.24) is 9.97 Å². The zero-order chi connectivity index (χ0) is 17.1. The van der Waals surface area contributed by atoms with Crippen LogP contribution in [0.2, 0.25) is 5.02 Å². The summed E-state index contributed by atoms with van der Waals surface area (Å²) >= 11 is 5.99. The van der Waals surface area contributed by atoms with E-state index in [1.165, 1.54) is 24.4 Å². The number of benzene rings is 1. The number of hydrogen-bond acceptors (Lipinski definition) is 6. The number of aliphatic hydroxyl groups excluding tert-OH is 1. The Labute approximate surface area is 143 Å². The number of nitrogens with one attached hydrogen (secondary N) is 1. The maximum atomic E-state index is 13.1. The van der Waals surface area contributed by atoms with Crippen molar-refractivity contribution in [2.45, 2.75) is 37.8 Å². The molecule has 0 amide bonds. The van der Waals surface area contributed by atoms with Crippen molar-refractivity contribution in [3.05, 3.63) is 35.2 Å². The first-order chi connectivity index (χ1) is 11.5. The molecule has 24 heavy (non-hydrogen) atoms. The molecule has 1 heterocycles. The molecular formula is C16H18ClFN4O2. The van der Waals surface area contributed by atoms with Gasteiger partial charge >= 0.3 is 0 Å². The molecule has 1 aromatic heterocycles. The summed E-state index contributed by atoms with van der Waals surface area (Å²) in [4.78, 5) is 8.11. The van der Waals surface area contributed by atoms with Crippen LogP contribution in [0, 0.1) is 5.82 Å². The van der Waals surface area contributed by atoms with Crippen LogP contribution >= 0.6 is 11.6 Å². The minimum Gasteiger partial charge on any atom is -0.450 e. The van der Waals surface area contributed by atoms with Gasteiger partial charge in [0, 0.05) is 6.04 Å². The molecule has 3 rings (SSSR count). The molecule has 1 aliphatic carbocycles. The van der Waals surface area contributed by atoms with E-state index in [9.17, 15) is 9.50 Å². The zero-order valence-corrected chi connectivity index (χ0v) is 13.6. The molecule has 1 fully saturated rings. The second-order valence-corrected chi connectivity index (χ2v) is 6.17.